The van der Waals surface area contributed by atoms with Gasteiger partial charge in [-0.15, -0.1) is 0 Å². The molecule has 0 amide bonds. The molecule has 0 atom stereocenters. The van der Waals surface area contributed by atoms with Crippen LogP contribution >= 0.6 is 0 Å². The molecular weight excluding hydrogens is 452 g/mol. The second-order valence-corrected chi connectivity index (χ2v) is 10.4. The molecule has 0 fully saturated rings. The molecule has 10 heteroatoms. The first-order valence-corrected chi connectivity index (χ1v) is 12.0. The fourth-order valence-electron chi connectivity index (χ4n) is 3.22. The predicted molar refractivity (Wildman–Crippen MR) is 135 cm³/mol. The molecule has 1 rings (SSSR count). The van der Waals surface area contributed by atoms with Gasteiger partial charge in [0.25, 0.3) is 5.69 Å². The first-order valence-electron chi connectivity index (χ1n) is 12.0. The normalized spacial score (nSPS) is 12.1. The molecular formula is C25H42N4O6. The number of carbonyl (C=O) groups is 2. The van der Waals surface area contributed by atoms with Crippen molar-refractivity contribution in [3.8, 4) is 0 Å². The maximum absolute atomic E-state index is 12.4. The van der Waals surface area contributed by atoms with Gasteiger partial charge in [0.1, 0.15) is 11.2 Å². The Balaban J connectivity index is 2.64. The maximum atomic E-state index is 12.4. The summed E-state index contributed by atoms with van der Waals surface area (Å²) in [7, 11) is 0. The lowest BCUT2D eigenvalue weighted by Crippen LogP contribution is -2.44. The monoisotopic (exact) mass is 494 g/mol. The quantitative estimate of drug-likeness (QED) is 0.180. The molecule has 0 aliphatic carbocycles. The van der Waals surface area contributed by atoms with E-state index in [0.717, 1.165) is 5.56 Å². The summed E-state index contributed by atoms with van der Waals surface area (Å²) >= 11 is 0. The van der Waals surface area contributed by atoms with Gasteiger partial charge in [0.05, 0.1) is 18.0 Å². The van der Waals surface area contributed by atoms with E-state index in [-0.39, 0.29) is 30.7 Å². The van der Waals surface area contributed by atoms with Gasteiger partial charge in [0.2, 0.25) is 0 Å². The van der Waals surface area contributed by atoms with E-state index in [0.29, 0.717) is 39.3 Å². The van der Waals surface area contributed by atoms with Gasteiger partial charge in [0, 0.05) is 44.9 Å². The number of rotatable bonds is 14. The summed E-state index contributed by atoms with van der Waals surface area (Å²) in [5, 5.41) is 14.1. The highest BCUT2D eigenvalue weighted by Crippen LogP contribution is 2.12. The molecule has 0 unspecified atom stereocenters. The fraction of sp³-hybridized carbons (Fsp3) is 0.680. The van der Waals surface area contributed by atoms with Crippen LogP contribution in [-0.2, 0) is 25.6 Å². The summed E-state index contributed by atoms with van der Waals surface area (Å²) in [5.41, 5.74) is -0.106. The van der Waals surface area contributed by atoms with E-state index in [4.69, 9.17) is 9.47 Å². The van der Waals surface area contributed by atoms with Crippen LogP contribution in [-0.4, -0.2) is 83.7 Å². The third-order valence-corrected chi connectivity index (χ3v) is 4.81. The van der Waals surface area contributed by atoms with Gasteiger partial charge in [-0.25, -0.2) is 0 Å². The summed E-state index contributed by atoms with van der Waals surface area (Å²) in [6.45, 7) is 16.9. The van der Waals surface area contributed by atoms with Gasteiger partial charge in [0.15, 0.2) is 0 Å². The van der Waals surface area contributed by atoms with Crippen LogP contribution < -0.4 is 5.32 Å². The molecule has 0 spiro atoms. The summed E-state index contributed by atoms with van der Waals surface area (Å²) in [6.07, 6.45) is 0. The van der Waals surface area contributed by atoms with Crippen molar-refractivity contribution in [1.29, 1.82) is 0 Å². The Morgan fingerprint density at radius 1 is 0.886 bits per heavy atom. The van der Waals surface area contributed by atoms with Crippen LogP contribution in [0.25, 0.3) is 0 Å². The average Bonchev–Trinajstić information content (AvgIpc) is 2.71. The maximum Gasteiger partial charge on any atom is 0.320 e. The molecule has 0 aromatic heterocycles. The summed E-state index contributed by atoms with van der Waals surface area (Å²) in [6, 6.07) is 6.41. The molecule has 0 saturated carbocycles. The molecule has 10 nitrogen and oxygen atoms in total. The number of nitrogens with one attached hydrogen (secondary N) is 1. The Labute approximate surface area is 209 Å². The minimum Gasteiger partial charge on any atom is -0.459 e. The molecule has 35 heavy (non-hydrogen) atoms. The van der Waals surface area contributed by atoms with E-state index < -0.39 is 16.1 Å². The zero-order valence-corrected chi connectivity index (χ0v) is 22.3. The first-order chi connectivity index (χ1) is 16.2. The molecule has 0 aliphatic heterocycles. The molecule has 1 aromatic carbocycles. The summed E-state index contributed by atoms with van der Waals surface area (Å²) < 4.78 is 10.9. The Hall–Kier alpha value is -2.56. The second kappa shape index (κ2) is 14.1. The van der Waals surface area contributed by atoms with E-state index in [1.54, 1.807) is 12.1 Å². The number of ether oxygens (including phenoxy) is 2. The van der Waals surface area contributed by atoms with Crippen LogP contribution in [0.1, 0.15) is 54.0 Å². The number of hydrogen-bond acceptors (Lipinski definition) is 9. The van der Waals surface area contributed by atoms with E-state index in [2.05, 4.69) is 5.32 Å². The topological polar surface area (TPSA) is 114 Å². The number of likely N-dealkylation sites (N-methyl/N-ethyl adjacent to an activating group) is 1. The lowest BCUT2D eigenvalue weighted by molar-refractivity contribution is -0.384. The number of carbonyl (C=O) groups excluding carboxylic acids is 2. The summed E-state index contributed by atoms with van der Waals surface area (Å²) in [4.78, 5) is 39.0. The molecule has 0 saturated heterocycles. The lowest BCUT2D eigenvalue weighted by atomic mass is 10.2. The fourth-order valence-corrected chi connectivity index (χ4v) is 3.22. The molecule has 0 bridgehead atoms. The third kappa shape index (κ3) is 14.4. The highest BCUT2D eigenvalue weighted by atomic mass is 16.6. The molecule has 0 radical (unpaired) electrons. The minimum absolute atomic E-state index is 0.0594. The highest BCUT2D eigenvalue weighted by Gasteiger charge is 2.21. The van der Waals surface area contributed by atoms with Gasteiger partial charge in [-0.1, -0.05) is 19.1 Å². The zero-order valence-electron chi connectivity index (χ0n) is 22.3. The Bertz CT molecular complexity index is 815. The van der Waals surface area contributed by atoms with Crippen molar-refractivity contribution in [3.63, 3.8) is 0 Å². The van der Waals surface area contributed by atoms with Crippen LogP contribution in [0.4, 0.5) is 5.69 Å². The largest absolute Gasteiger partial charge is 0.459 e. The molecule has 1 N–H and O–H groups in total. The molecule has 198 valence electrons. The minimum atomic E-state index is -0.566. The molecule has 0 aliphatic rings. The number of hydrogen-bond donors (Lipinski definition) is 1. The van der Waals surface area contributed by atoms with Crippen LogP contribution in [0.2, 0.25) is 0 Å². The van der Waals surface area contributed by atoms with Crippen molar-refractivity contribution in [2.45, 2.75) is 66.2 Å². The van der Waals surface area contributed by atoms with Gasteiger partial charge in [-0.05, 0) is 53.7 Å². The lowest BCUT2D eigenvalue weighted by Gasteiger charge is -2.28. The Morgan fingerprint density at radius 2 is 1.37 bits per heavy atom. The summed E-state index contributed by atoms with van der Waals surface area (Å²) in [5.74, 6) is -0.578. The van der Waals surface area contributed by atoms with Crippen LogP contribution in [0.3, 0.4) is 0 Å². The molecule has 0 heterocycles. The second-order valence-electron chi connectivity index (χ2n) is 10.4. The van der Waals surface area contributed by atoms with Gasteiger partial charge < -0.3 is 14.8 Å². The van der Waals surface area contributed by atoms with E-state index >= 15 is 0 Å². The number of nitrogens with zero attached hydrogens (tertiary/aromatic N) is 3. The van der Waals surface area contributed by atoms with Crippen molar-refractivity contribution in [3.05, 3.63) is 39.9 Å². The standard InChI is InChI=1S/C25H42N4O6/c1-8-27(18-22(30)34-24(2,3)4)15-16-28(19-23(31)35-25(5,6)7)14-13-26-17-20-9-11-21(12-10-20)29(32)33/h9-12,26H,8,13-19H2,1-7H3. The Morgan fingerprint density at radius 3 is 1.83 bits per heavy atom. The molecule has 1 aromatic rings. The number of non-ortho nitro benzene ring substituents is 1. The number of esters is 2. The van der Waals surface area contributed by atoms with Crippen LogP contribution in [0.5, 0.6) is 0 Å². The predicted octanol–water partition coefficient (Wildman–Crippen LogP) is 2.99. The number of benzene rings is 1. The zero-order chi connectivity index (χ0) is 26.6. The van der Waals surface area contributed by atoms with Gasteiger partial charge in [-0.3, -0.25) is 29.5 Å². The van der Waals surface area contributed by atoms with E-state index in [1.807, 2.05) is 58.3 Å². The van der Waals surface area contributed by atoms with Gasteiger partial charge >= 0.3 is 11.9 Å². The Kier molecular flexibility index (Phi) is 12.3. The third-order valence-electron chi connectivity index (χ3n) is 4.81. The van der Waals surface area contributed by atoms with E-state index in [9.17, 15) is 19.7 Å². The number of nitro benzene ring substituents is 1. The van der Waals surface area contributed by atoms with Crippen molar-refractivity contribution in [1.82, 2.24) is 15.1 Å². The SMILES string of the molecule is CCN(CCN(CCNCc1ccc([N+](=O)[O-])cc1)CC(=O)OC(C)(C)C)CC(=O)OC(C)(C)C. The van der Waals surface area contributed by atoms with Crippen molar-refractivity contribution in [2.75, 3.05) is 45.8 Å². The first kappa shape index (κ1) is 30.5. The highest BCUT2D eigenvalue weighted by molar-refractivity contribution is 5.72. The van der Waals surface area contributed by atoms with Crippen molar-refractivity contribution < 1.29 is 24.0 Å². The van der Waals surface area contributed by atoms with Crippen molar-refractivity contribution >= 4 is 17.6 Å². The van der Waals surface area contributed by atoms with Crippen molar-refractivity contribution in [2.24, 2.45) is 0 Å². The average molecular weight is 495 g/mol. The van der Waals surface area contributed by atoms with Crippen LogP contribution in [0.15, 0.2) is 24.3 Å². The smallest absolute Gasteiger partial charge is 0.320 e. The van der Waals surface area contributed by atoms with Gasteiger partial charge in [-0.2, -0.15) is 0 Å². The number of nitro groups is 1. The van der Waals surface area contributed by atoms with E-state index in [1.165, 1.54) is 12.1 Å². The van der Waals surface area contributed by atoms with Crippen LogP contribution in [0, 0.1) is 10.1 Å².